The molecule has 0 spiro atoms. The zero-order valence-electron chi connectivity index (χ0n) is 11.1. The first-order valence-corrected chi connectivity index (χ1v) is 5.97. The Bertz CT molecular complexity index is 677. The lowest BCUT2D eigenvalue weighted by Crippen LogP contribution is -2.23. The topological polar surface area (TPSA) is 115 Å². The zero-order valence-corrected chi connectivity index (χ0v) is 11.1. The van der Waals surface area contributed by atoms with Gasteiger partial charge in [0.25, 0.3) is 5.91 Å². The number of carbonyl (C=O) groups excluding carboxylic acids is 1. The van der Waals surface area contributed by atoms with Crippen molar-refractivity contribution in [1.82, 2.24) is 20.2 Å². The van der Waals surface area contributed by atoms with Crippen molar-refractivity contribution in [3.8, 4) is 0 Å². The molecular weight excluding hydrogens is 276 g/mol. The SMILES string of the molecule is Cc1ccc(/C=N/NC(=O)Cn2cnc([N+](=O)[O-])n2)cc1. The highest BCUT2D eigenvalue weighted by atomic mass is 16.6. The van der Waals surface area contributed by atoms with Gasteiger partial charge in [0.1, 0.15) is 6.54 Å². The maximum Gasteiger partial charge on any atom is 0.490 e. The van der Waals surface area contributed by atoms with Crippen LogP contribution in [0.3, 0.4) is 0 Å². The Hall–Kier alpha value is -3.10. The maximum absolute atomic E-state index is 11.6. The second-order valence-corrected chi connectivity index (χ2v) is 4.20. The summed E-state index contributed by atoms with van der Waals surface area (Å²) in [5.74, 6) is -1.01. The predicted molar refractivity (Wildman–Crippen MR) is 73.6 cm³/mol. The molecule has 0 saturated carbocycles. The first kappa shape index (κ1) is 14.3. The van der Waals surface area contributed by atoms with E-state index in [1.165, 1.54) is 6.21 Å². The van der Waals surface area contributed by atoms with Crippen LogP contribution >= 0.6 is 0 Å². The van der Waals surface area contributed by atoms with Gasteiger partial charge in [0.2, 0.25) is 6.33 Å². The van der Waals surface area contributed by atoms with Gasteiger partial charge in [-0.2, -0.15) is 9.78 Å². The van der Waals surface area contributed by atoms with Crippen LogP contribution in [0.2, 0.25) is 0 Å². The molecule has 0 aliphatic rings. The van der Waals surface area contributed by atoms with Gasteiger partial charge in [0.05, 0.1) is 6.21 Å². The van der Waals surface area contributed by atoms with Gasteiger partial charge in [-0.25, -0.2) is 5.43 Å². The minimum absolute atomic E-state index is 0.202. The third-order valence-electron chi connectivity index (χ3n) is 2.47. The van der Waals surface area contributed by atoms with E-state index in [0.29, 0.717) is 0 Å². The summed E-state index contributed by atoms with van der Waals surface area (Å²) in [6.07, 6.45) is 2.61. The van der Waals surface area contributed by atoms with E-state index in [1.54, 1.807) is 0 Å². The van der Waals surface area contributed by atoms with Crippen molar-refractivity contribution in [3.05, 3.63) is 51.8 Å². The van der Waals surface area contributed by atoms with E-state index in [1.807, 2.05) is 31.2 Å². The number of nitro groups is 1. The Balaban J connectivity index is 1.86. The molecule has 1 heterocycles. The van der Waals surface area contributed by atoms with Crippen LogP contribution in [-0.4, -0.2) is 31.8 Å². The van der Waals surface area contributed by atoms with Gasteiger partial charge in [0, 0.05) is 5.10 Å². The molecule has 9 nitrogen and oxygen atoms in total. The molecule has 1 amide bonds. The van der Waals surface area contributed by atoms with Crippen molar-refractivity contribution in [2.75, 3.05) is 0 Å². The Morgan fingerprint density at radius 3 is 2.81 bits per heavy atom. The third-order valence-corrected chi connectivity index (χ3v) is 2.47. The number of benzene rings is 1. The number of hydrazone groups is 1. The summed E-state index contributed by atoms with van der Waals surface area (Å²) in [5.41, 5.74) is 4.28. The number of nitrogens with zero attached hydrogens (tertiary/aromatic N) is 5. The molecule has 1 aromatic carbocycles. The lowest BCUT2D eigenvalue weighted by molar-refractivity contribution is -0.394. The summed E-state index contributed by atoms with van der Waals surface area (Å²) in [6.45, 7) is 1.77. The third kappa shape index (κ3) is 4.20. The van der Waals surface area contributed by atoms with Gasteiger partial charge in [-0.1, -0.05) is 34.8 Å². The fourth-order valence-electron chi connectivity index (χ4n) is 1.46. The normalized spacial score (nSPS) is 10.7. The number of aromatic nitrogens is 3. The number of rotatable bonds is 5. The monoisotopic (exact) mass is 288 g/mol. The zero-order chi connectivity index (χ0) is 15.2. The fourth-order valence-corrected chi connectivity index (χ4v) is 1.46. The van der Waals surface area contributed by atoms with Crippen LogP contribution in [0, 0.1) is 17.0 Å². The number of hydrogen-bond donors (Lipinski definition) is 1. The van der Waals surface area contributed by atoms with Gasteiger partial charge >= 0.3 is 5.95 Å². The molecule has 0 unspecified atom stereocenters. The van der Waals surface area contributed by atoms with E-state index in [0.717, 1.165) is 22.1 Å². The van der Waals surface area contributed by atoms with Crippen molar-refractivity contribution < 1.29 is 9.72 Å². The number of nitrogens with one attached hydrogen (secondary N) is 1. The highest BCUT2D eigenvalue weighted by Gasteiger charge is 2.14. The molecule has 1 N–H and O–H groups in total. The van der Waals surface area contributed by atoms with Gasteiger partial charge in [-0.15, -0.1) is 0 Å². The van der Waals surface area contributed by atoms with E-state index >= 15 is 0 Å². The molecule has 0 fully saturated rings. The second kappa shape index (κ2) is 6.37. The fraction of sp³-hybridized carbons (Fsp3) is 0.167. The standard InChI is InChI=1S/C12H12N6O3/c1-9-2-4-10(5-3-9)6-14-15-11(19)7-17-8-13-12(16-17)18(20)21/h2-6,8H,7H2,1H3,(H,15,19)/b14-6+. The van der Waals surface area contributed by atoms with Crippen LogP contribution in [-0.2, 0) is 11.3 Å². The number of carbonyl (C=O) groups is 1. The second-order valence-electron chi connectivity index (χ2n) is 4.20. The summed E-state index contributed by atoms with van der Waals surface area (Å²) >= 11 is 0. The summed E-state index contributed by atoms with van der Waals surface area (Å²) in [5, 5.41) is 17.7. The smallest absolute Gasteiger partial charge is 0.390 e. The molecular formula is C12H12N6O3. The number of amides is 1. The quantitative estimate of drug-likeness (QED) is 0.492. The Labute approximate surface area is 119 Å². The van der Waals surface area contributed by atoms with Crippen molar-refractivity contribution in [2.24, 2.45) is 5.10 Å². The van der Waals surface area contributed by atoms with Crippen molar-refractivity contribution in [1.29, 1.82) is 0 Å². The van der Waals surface area contributed by atoms with E-state index in [4.69, 9.17) is 0 Å². The summed E-state index contributed by atoms with van der Waals surface area (Å²) in [4.78, 5) is 24.7. The molecule has 2 rings (SSSR count). The van der Waals surface area contributed by atoms with Gasteiger partial charge in [-0.05, 0) is 17.4 Å². The van der Waals surface area contributed by atoms with Crippen molar-refractivity contribution >= 4 is 18.1 Å². The molecule has 21 heavy (non-hydrogen) atoms. The minimum atomic E-state index is -0.732. The lowest BCUT2D eigenvalue weighted by Gasteiger charge is -1.97. The van der Waals surface area contributed by atoms with Crippen LogP contribution in [0.1, 0.15) is 11.1 Å². The molecule has 0 radical (unpaired) electrons. The predicted octanol–water partition coefficient (Wildman–Crippen LogP) is 0.645. The highest BCUT2D eigenvalue weighted by molar-refractivity contribution is 5.82. The number of aryl methyl sites for hydroxylation is 1. The van der Waals surface area contributed by atoms with E-state index in [2.05, 4.69) is 20.6 Å². The van der Waals surface area contributed by atoms with Crippen molar-refractivity contribution in [3.63, 3.8) is 0 Å². The molecule has 2 aromatic rings. The van der Waals surface area contributed by atoms with Gasteiger partial charge in [-0.3, -0.25) is 4.79 Å². The molecule has 0 atom stereocenters. The van der Waals surface area contributed by atoms with Crippen LogP contribution in [0.4, 0.5) is 5.95 Å². The number of hydrogen-bond acceptors (Lipinski definition) is 6. The minimum Gasteiger partial charge on any atom is -0.390 e. The molecule has 9 heteroatoms. The Morgan fingerprint density at radius 1 is 1.48 bits per heavy atom. The molecule has 108 valence electrons. The van der Waals surface area contributed by atoms with Crippen LogP contribution in [0.15, 0.2) is 35.7 Å². The summed E-state index contributed by atoms with van der Waals surface area (Å²) in [6, 6.07) is 7.59. The van der Waals surface area contributed by atoms with Crippen LogP contribution < -0.4 is 5.43 Å². The average Bonchev–Trinajstić information content (AvgIpc) is 2.90. The first-order chi connectivity index (χ1) is 10.0. The van der Waals surface area contributed by atoms with E-state index in [9.17, 15) is 14.9 Å². The highest BCUT2D eigenvalue weighted by Crippen LogP contribution is 2.00. The molecule has 0 aliphatic heterocycles. The summed E-state index contributed by atoms with van der Waals surface area (Å²) < 4.78 is 1.06. The van der Waals surface area contributed by atoms with Gasteiger partial charge in [0.15, 0.2) is 0 Å². The van der Waals surface area contributed by atoms with E-state index in [-0.39, 0.29) is 6.54 Å². The van der Waals surface area contributed by atoms with Crippen LogP contribution in [0.5, 0.6) is 0 Å². The Kier molecular flexibility index (Phi) is 4.34. The maximum atomic E-state index is 11.6. The molecule has 0 saturated heterocycles. The molecule has 0 bridgehead atoms. The molecule has 0 aliphatic carbocycles. The van der Waals surface area contributed by atoms with Crippen LogP contribution in [0.25, 0.3) is 0 Å². The average molecular weight is 288 g/mol. The lowest BCUT2D eigenvalue weighted by atomic mass is 10.2. The molecule has 1 aromatic heterocycles. The largest absolute Gasteiger partial charge is 0.490 e. The van der Waals surface area contributed by atoms with E-state index < -0.39 is 16.8 Å². The van der Waals surface area contributed by atoms with Crippen molar-refractivity contribution in [2.45, 2.75) is 13.5 Å². The van der Waals surface area contributed by atoms with Gasteiger partial charge < -0.3 is 10.1 Å². The summed E-state index contributed by atoms with van der Waals surface area (Å²) in [7, 11) is 0. The first-order valence-electron chi connectivity index (χ1n) is 5.97. The Morgan fingerprint density at radius 2 is 2.19 bits per heavy atom.